The first kappa shape index (κ1) is 13.7. The van der Waals surface area contributed by atoms with Crippen LogP contribution in [0, 0.1) is 0 Å². The van der Waals surface area contributed by atoms with Crippen LogP contribution in [0.1, 0.15) is 5.56 Å². The molecule has 9 heteroatoms. The normalized spacial score (nSPS) is 25.5. The van der Waals surface area contributed by atoms with Crippen LogP contribution >= 0.6 is 0 Å². The molecule has 3 rings (SSSR count). The number of alkyl halides is 3. The van der Waals surface area contributed by atoms with E-state index in [1.165, 1.54) is 12.1 Å². The molecule has 2 heterocycles. The average molecular weight is 303 g/mol. The summed E-state index contributed by atoms with van der Waals surface area (Å²) in [4.78, 5) is 26.5. The average Bonchev–Trinajstić information content (AvgIpc) is 2.41. The topological polar surface area (TPSA) is 65.1 Å². The minimum absolute atomic E-state index is 0.157. The minimum Gasteiger partial charge on any atom is -0.483 e. The number of hydroxylamine groups is 2. The van der Waals surface area contributed by atoms with Gasteiger partial charge in [0.25, 0.3) is 0 Å². The van der Waals surface area contributed by atoms with Crippen molar-refractivity contribution in [2.45, 2.75) is 18.5 Å². The summed E-state index contributed by atoms with van der Waals surface area (Å²) in [6.07, 6.45) is -5.91. The number of carbonyl (C=O) groups is 2. The van der Waals surface area contributed by atoms with Crippen LogP contribution in [0.5, 0.6) is 5.75 Å². The Morgan fingerprint density at radius 3 is 2.43 bits per heavy atom. The number of fused-ring (bicyclic) bond motifs is 1. The number of carbonyl (C=O) groups excluding carboxylic acids is 2. The molecule has 0 amide bonds. The van der Waals surface area contributed by atoms with Gasteiger partial charge >= 0.3 is 18.1 Å². The molecule has 6 nitrogen and oxygen atoms in total. The van der Waals surface area contributed by atoms with Crippen LogP contribution in [0.15, 0.2) is 24.3 Å². The van der Waals surface area contributed by atoms with Gasteiger partial charge in [-0.2, -0.15) is 13.2 Å². The molecule has 0 aromatic heterocycles. The largest absolute Gasteiger partial charge is 0.483 e. The number of ether oxygens (including phenoxy) is 2. The number of hydrogen-bond acceptors (Lipinski definition) is 6. The summed E-state index contributed by atoms with van der Waals surface area (Å²) in [7, 11) is 0. The van der Waals surface area contributed by atoms with Gasteiger partial charge in [-0.1, -0.05) is 5.06 Å². The zero-order valence-corrected chi connectivity index (χ0v) is 10.3. The fraction of sp³-hybridized carbons (Fsp3) is 0.333. The van der Waals surface area contributed by atoms with E-state index < -0.39 is 36.0 Å². The van der Waals surface area contributed by atoms with Gasteiger partial charge in [0.05, 0.1) is 12.1 Å². The Morgan fingerprint density at radius 1 is 1.14 bits per heavy atom. The number of nitrogens with zero attached hydrogens (tertiary/aromatic N) is 1. The molecule has 2 fully saturated rings. The van der Waals surface area contributed by atoms with E-state index in [-0.39, 0.29) is 12.3 Å². The summed E-state index contributed by atoms with van der Waals surface area (Å²) < 4.78 is 47.4. The maximum absolute atomic E-state index is 12.4. The van der Waals surface area contributed by atoms with Gasteiger partial charge in [0, 0.05) is 0 Å². The minimum atomic E-state index is -4.42. The van der Waals surface area contributed by atoms with Gasteiger partial charge in [0.15, 0.2) is 6.10 Å². The molecule has 2 unspecified atom stereocenters. The second-order valence-electron chi connectivity index (χ2n) is 4.45. The third-order valence-corrected chi connectivity index (χ3v) is 3.03. The molecule has 2 saturated heterocycles. The fourth-order valence-electron chi connectivity index (χ4n) is 1.94. The van der Waals surface area contributed by atoms with Gasteiger partial charge in [-0.3, -0.25) is 0 Å². The summed E-state index contributed by atoms with van der Waals surface area (Å²) in [5.74, 6) is -2.04. The maximum atomic E-state index is 12.4. The summed E-state index contributed by atoms with van der Waals surface area (Å²) in [5.41, 5.74) is -0.789. The molecule has 112 valence electrons. The van der Waals surface area contributed by atoms with Gasteiger partial charge in [-0.15, -0.1) is 0 Å². The molecular formula is C12H8F3NO5. The molecule has 0 aliphatic carbocycles. The van der Waals surface area contributed by atoms with Gasteiger partial charge < -0.3 is 14.3 Å². The second kappa shape index (κ2) is 4.62. The van der Waals surface area contributed by atoms with Crippen molar-refractivity contribution in [2.24, 2.45) is 0 Å². The molecule has 1 aromatic carbocycles. The van der Waals surface area contributed by atoms with Crippen molar-refractivity contribution in [1.29, 1.82) is 0 Å². The lowest BCUT2D eigenvalue weighted by molar-refractivity contribution is -0.329. The SMILES string of the molecule is O=C1OC2C(Oc3ccc(C(F)(F)F)cc3)CN2OC1=O. The smallest absolute Gasteiger partial charge is 0.436 e. The quantitative estimate of drug-likeness (QED) is 0.602. The molecule has 2 aliphatic heterocycles. The van der Waals surface area contributed by atoms with Crippen molar-refractivity contribution in [3.05, 3.63) is 29.8 Å². The van der Waals surface area contributed by atoms with Gasteiger partial charge in [-0.25, -0.2) is 9.59 Å². The highest BCUT2D eigenvalue weighted by Gasteiger charge is 2.52. The zero-order valence-electron chi connectivity index (χ0n) is 10.3. The predicted molar refractivity (Wildman–Crippen MR) is 58.5 cm³/mol. The van der Waals surface area contributed by atoms with E-state index in [0.717, 1.165) is 17.2 Å². The van der Waals surface area contributed by atoms with Gasteiger partial charge in [-0.05, 0) is 24.3 Å². The molecule has 1 aromatic rings. The first-order valence-corrected chi connectivity index (χ1v) is 5.88. The maximum Gasteiger partial charge on any atom is 0.436 e. The van der Waals surface area contributed by atoms with E-state index in [0.29, 0.717) is 0 Å². The lowest BCUT2D eigenvalue weighted by Crippen LogP contribution is -2.67. The molecule has 0 N–H and O–H groups in total. The zero-order chi connectivity index (χ0) is 15.2. The summed E-state index contributed by atoms with van der Waals surface area (Å²) in [6.45, 7) is 0.157. The van der Waals surface area contributed by atoms with Gasteiger partial charge in [0.2, 0.25) is 6.23 Å². The highest BCUT2D eigenvalue weighted by molar-refractivity contribution is 6.30. The third kappa shape index (κ3) is 2.51. The standard InChI is InChI=1S/C12H8F3NO5/c13-12(14,15)6-1-3-7(4-2-6)19-8-5-16-9(8)20-10(17)11(18)21-16/h1-4,8-9H,5H2. The van der Waals surface area contributed by atoms with Crippen LogP contribution in [0.4, 0.5) is 13.2 Å². The van der Waals surface area contributed by atoms with Crippen LogP contribution in [0.3, 0.4) is 0 Å². The van der Waals surface area contributed by atoms with Crippen molar-refractivity contribution >= 4 is 11.9 Å². The lowest BCUT2D eigenvalue weighted by atomic mass is 10.1. The molecule has 0 radical (unpaired) electrons. The molecular weight excluding hydrogens is 295 g/mol. The van der Waals surface area contributed by atoms with E-state index in [1.807, 2.05) is 0 Å². The van der Waals surface area contributed by atoms with Crippen molar-refractivity contribution in [1.82, 2.24) is 5.06 Å². The summed E-state index contributed by atoms with van der Waals surface area (Å²) >= 11 is 0. The highest BCUT2D eigenvalue weighted by Crippen LogP contribution is 2.32. The molecule has 2 atom stereocenters. The van der Waals surface area contributed by atoms with Crippen molar-refractivity contribution < 1.29 is 37.1 Å². The Bertz CT molecular complexity index is 586. The molecule has 0 spiro atoms. The van der Waals surface area contributed by atoms with Crippen LogP contribution in [0.2, 0.25) is 0 Å². The third-order valence-electron chi connectivity index (χ3n) is 3.03. The van der Waals surface area contributed by atoms with Crippen LogP contribution in [0.25, 0.3) is 0 Å². The van der Waals surface area contributed by atoms with Crippen LogP contribution in [-0.4, -0.2) is 35.9 Å². The van der Waals surface area contributed by atoms with Gasteiger partial charge in [0.1, 0.15) is 5.75 Å². The molecule has 0 bridgehead atoms. The predicted octanol–water partition coefficient (Wildman–Crippen LogP) is 1.11. The second-order valence-corrected chi connectivity index (χ2v) is 4.45. The van der Waals surface area contributed by atoms with E-state index in [2.05, 4.69) is 4.84 Å². The Hall–Kier alpha value is -2.29. The fourth-order valence-corrected chi connectivity index (χ4v) is 1.94. The summed E-state index contributed by atoms with van der Waals surface area (Å²) in [5, 5.41) is 1.12. The van der Waals surface area contributed by atoms with E-state index in [4.69, 9.17) is 9.47 Å². The number of esters is 1. The Labute approximate surface area is 115 Å². The molecule has 0 saturated carbocycles. The monoisotopic (exact) mass is 303 g/mol. The summed E-state index contributed by atoms with van der Waals surface area (Å²) in [6, 6.07) is 4.11. The number of rotatable bonds is 2. The number of hydrogen-bond donors (Lipinski definition) is 0. The van der Waals surface area contributed by atoms with Crippen molar-refractivity contribution in [3.8, 4) is 5.75 Å². The number of benzene rings is 1. The van der Waals surface area contributed by atoms with Crippen molar-refractivity contribution in [3.63, 3.8) is 0 Å². The molecule has 21 heavy (non-hydrogen) atoms. The first-order chi connectivity index (χ1) is 9.84. The first-order valence-electron chi connectivity index (χ1n) is 5.88. The van der Waals surface area contributed by atoms with Crippen molar-refractivity contribution in [2.75, 3.05) is 6.54 Å². The van der Waals surface area contributed by atoms with Crippen LogP contribution < -0.4 is 4.74 Å². The Morgan fingerprint density at radius 2 is 1.81 bits per heavy atom. The van der Waals surface area contributed by atoms with E-state index >= 15 is 0 Å². The van der Waals surface area contributed by atoms with Crippen LogP contribution in [-0.2, 0) is 25.3 Å². The highest BCUT2D eigenvalue weighted by atomic mass is 19.4. The molecule has 2 aliphatic rings. The number of halogens is 3. The van der Waals surface area contributed by atoms with E-state index in [1.54, 1.807) is 0 Å². The lowest BCUT2D eigenvalue weighted by Gasteiger charge is -2.45. The Kier molecular flexibility index (Phi) is 3.01. The Balaban J connectivity index is 1.63. The van der Waals surface area contributed by atoms with E-state index in [9.17, 15) is 22.8 Å².